The summed E-state index contributed by atoms with van der Waals surface area (Å²) in [5.41, 5.74) is 3.23. The molecule has 6 aromatic rings. The second-order valence-corrected chi connectivity index (χ2v) is 15.3. The Morgan fingerprint density at radius 2 is 1.68 bits per heavy atom. The Morgan fingerprint density at radius 1 is 0.906 bits per heavy atom. The Balaban J connectivity index is 0.937. The SMILES string of the molecule is Cn1c(C(=O)N2CCN(Cc3ccc(OCC(F)(F)F)cc3)CC2)cc2ccc(Oc3ccc(NS(=O)(=O)c4ccc(-c5ccccn5)s4)cn3)cc21. The number of benzene rings is 2. The van der Waals surface area contributed by atoms with Crippen molar-refractivity contribution in [3.8, 4) is 28.0 Å². The quantitative estimate of drug-likeness (QED) is 0.148. The minimum atomic E-state index is -4.39. The highest BCUT2D eigenvalue weighted by atomic mass is 32.2. The van der Waals surface area contributed by atoms with E-state index >= 15 is 0 Å². The van der Waals surface area contributed by atoms with Gasteiger partial charge in [-0.15, -0.1) is 11.3 Å². The van der Waals surface area contributed by atoms with Crippen molar-refractivity contribution in [2.45, 2.75) is 16.9 Å². The van der Waals surface area contributed by atoms with Crippen LogP contribution in [0.5, 0.6) is 17.4 Å². The van der Waals surface area contributed by atoms with Crippen molar-refractivity contribution in [3.63, 3.8) is 0 Å². The van der Waals surface area contributed by atoms with Crippen molar-refractivity contribution in [3.05, 3.63) is 115 Å². The van der Waals surface area contributed by atoms with Gasteiger partial charge in [-0.1, -0.05) is 18.2 Å². The number of amides is 1. The van der Waals surface area contributed by atoms with Crippen LogP contribution in [0, 0.1) is 0 Å². The van der Waals surface area contributed by atoms with Gasteiger partial charge >= 0.3 is 6.18 Å². The van der Waals surface area contributed by atoms with Gasteiger partial charge in [0.1, 0.15) is 21.4 Å². The Hall–Kier alpha value is -5.45. The minimum absolute atomic E-state index is 0.0906. The summed E-state index contributed by atoms with van der Waals surface area (Å²) >= 11 is 1.12. The molecule has 1 aliphatic heterocycles. The molecule has 53 heavy (non-hydrogen) atoms. The molecule has 0 saturated carbocycles. The number of anilines is 1. The average Bonchev–Trinajstić information content (AvgIpc) is 3.78. The molecule has 1 amide bonds. The second kappa shape index (κ2) is 14.9. The molecule has 0 atom stereocenters. The van der Waals surface area contributed by atoms with Gasteiger partial charge in [0.15, 0.2) is 6.61 Å². The van der Waals surface area contributed by atoms with Crippen LogP contribution < -0.4 is 14.2 Å². The Morgan fingerprint density at radius 3 is 2.38 bits per heavy atom. The van der Waals surface area contributed by atoms with Gasteiger partial charge in [-0.05, 0) is 66.2 Å². The Bertz CT molecular complexity index is 2320. The number of aromatic nitrogens is 3. The van der Waals surface area contributed by atoms with E-state index in [1.54, 1.807) is 54.7 Å². The first-order valence-electron chi connectivity index (χ1n) is 16.5. The van der Waals surface area contributed by atoms with Crippen molar-refractivity contribution < 1.29 is 35.9 Å². The zero-order chi connectivity index (χ0) is 37.2. The maximum Gasteiger partial charge on any atom is 0.422 e. The highest BCUT2D eigenvalue weighted by molar-refractivity contribution is 7.94. The fourth-order valence-electron chi connectivity index (χ4n) is 5.90. The number of pyridine rings is 2. The van der Waals surface area contributed by atoms with Crippen LogP contribution in [-0.4, -0.2) is 77.6 Å². The first-order chi connectivity index (χ1) is 25.4. The summed E-state index contributed by atoms with van der Waals surface area (Å²) in [6.45, 7) is 1.62. The van der Waals surface area contributed by atoms with E-state index in [-0.39, 0.29) is 27.4 Å². The molecule has 0 spiro atoms. The second-order valence-electron chi connectivity index (χ2n) is 12.4. The van der Waals surface area contributed by atoms with Crippen molar-refractivity contribution in [1.29, 1.82) is 0 Å². The van der Waals surface area contributed by atoms with E-state index in [2.05, 4.69) is 19.6 Å². The summed E-state index contributed by atoms with van der Waals surface area (Å²) in [5, 5.41) is 0.863. The number of carbonyl (C=O) groups is 1. The normalized spacial score (nSPS) is 14.0. The molecule has 5 heterocycles. The van der Waals surface area contributed by atoms with Crippen molar-refractivity contribution >= 4 is 43.9 Å². The molecule has 7 rings (SSSR count). The minimum Gasteiger partial charge on any atom is -0.484 e. The maximum absolute atomic E-state index is 13.6. The van der Waals surface area contributed by atoms with Crippen LogP contribution in [0.25, 0.3) is 21.5 Å². The van der Waals surface area contributed by atoms with Crippen LogP contribution in [-0.2, 0) is 23.6 Å². The molecule has 1 saturated heterocycles. The van der Waals surface area contributed by atoms with Gasteiger partial charge in [0, 0.05) is 63.5 Å². The molecule has 1 fully saturated rings. The summed E-state index contributed by atoms with van der Waals surface area (Å²) in [7, 11) is -2.02. The molecule has 2 aromatic carbocycles. The lowest BCUT2D eigenvalue weighted by Crippen LogP contribution is -2.48. The van der Waals surface area contributed by atoms with E-state index in [9.17, 15) is 26.4 Å². The smallest absolute Gasteiger partial charge is 0.422 e. The molecule has 16 heteroatoms. The molecule has 0 bridgehead atoms. The standard InChI is InChI=1S/C37H33F3N6O5S2/c1-44-31-21-29(51-34-13-8-27(22-42-34)43-53(48,49)35-14-12-33(52-35)30-4-2-3-15-41-30)11-7-26(31)20-32(44)36(47)46-18-16-45(17-19-46)23-25-5-9-28(10-6-25)50-24-37(38,39)40/h2-15,20-22,43H,16-19,23-24H2,1H3. The van der Waals surface area contributed by atoms with Crippen LogP contribution in [0.3, 0.4) is 0 Å². The number of ether oxygens (including phenoxy) is 2. The third kappa shape index (κ3) is 8.62. The van der Waals surface area contributed by atoms with Gasteiger partial charge < -0.3 is 18.9 Å². The van der Waals surface area contributed by atoms with Crippen LogP contribution in [0.15, 0.2) is 108 Å². The predicted octanol–water partition coefficient (Wildman–Crippen LogP) is 7.19. The molecular weight excluding hydrogens is 730 g/mol. The molecule has 1 N–H and O–H groups in total. The van der Waals surface area contributed by atoms with Gasteiger partial charge in [-0.25, -0.2) is 13.4 Å². The lowest BCUT2D eigenvalue weighted by atomic mass is 10.2. The number of aryl methyl sites for hydroxylation is 1. The summed E-state index contributed by atoms with van der Waals surface area (Å²) < 4.78 is 78.6. The number of thiophene rings is 1. The fourth-order valence-corrected chi connectivity index (χ4v) is 8.23. The maximum atomic E-state index is 13.6. The Kier molecular flexibility index (Phi) is 10.1. The molecule has 0 aliphatic carbocycles. The van der Waals surface area contributed by atoms with Gasteiger partial charge in [-0.2, -0.15) is 13.2 Å². The lowest BCUT2D eigenvalue weighted by molar-refractivity contribution is -0.153. The van der Waals surface area contributed by atoms with Crippen LogP contribution >= 0.6 is 11.3 Å². The summed E-state index contributed by atoms with van der Waals surface area (Å²) in [6, 6.07) is 25.7. The monoisotopic (exact) mass is 762 g/mol. The number of nitrogens with one attached hydrogen (secondary N) is 1. The zero-order valence-corrected chi connectivity index (χ0v) is 29.9. The summed E-state index contributed by atoms with van der Waals surface area (Å²) in [4.78, 5) is 26.9. The van der Waals surface area contributed by atoms with Gasteiger partial charge in [0.2, 0.25) is 5.88 Å². The highest BCUT2D eigenvalue weighted by Gasteiger charge is 2.29. The van der Waals surface area contributed by atoms with Gasteiger partial charge in [0.05, 0.1) is 28.0 Å². The number of nitrogens with zero attached hydrogens (tertiary/aromatic N) is 5. The van der Waals surface area contributed by atoms with E-state index in [4.69, 9.17) is 9.47 Å². The molecule has 274 valence electrons. The first kappa shape index (κ1) is 35.9. The van der Waals surface area contributed by atoms with E-state index in [1.807, 2.05) is 46.8 Å². The number of carbonyl (C=O) groups excluding carboxylic acids is 1. The van der Waals surface area contributed by atoms with Gasteiger partial charge in [-0.3, -0.25) is 19.4 Å². The van der Waals surface area contributed by atoms with Gasteiger partial charge in [0.25, 0.3) is 15.9 Å². The third-order valence-electron chi connectivity index (χ3n) is 8.60. The topological polar surface area (TPSA) is 119 Å². The van der Waals surface area contributed by atoms with Crippen molar-refractivity contribution in [2.24, 2.45) is 7.05 Å². The van der Waals surface area contributed by atoms with Crippen molar-refractivity contribution in [2.75, 3.05) is 37.5 Å². The molecule has 1 aliphatic rings. The molecule has 0 radical (unpaired) electrons. The molecule has 0 unspecified atom stereocenters. The van der Waals surface area contributed by atoms with E-state index in [0.717, 1.165) is 32.7 Å². The highest BCUT2D eigenvalue weighted by Crippen LogP contribution is 2.32. The van der Waals surface area contributed by atoms with Crippen LogP contribution in [0.1, 0.15) is 16.1 Å². The fraction of sp³-hybridized carbons (Fsp3) is 0.216. The average molecular weight is 763 g/mol. The third-order valence-corrected chi connectivity index (χ3v) is 11.6. The number of hydrogen-bond acceptors (Lipinski definition) is 9. The van der Waals surface area contributed by atoms with E-state index in [1.165, 1.54) is 18.3 Å². The lowest BCUT2D eigenvalue weighted by Gasteiger charge is -2.34. The van der Waals surface area contributed by atoms with E-state index in [0.29, 0.717) is 49.9 Å². The largest absolute Gasteiger partial charge is 0.484 e. The first-order valence-corrected chi connectivity index (χ1v) is 18.8. The number of sulfonamides is 1. The van der Waals surface area contributed by atoms with E-state index < -0.39 is 22.8 Å². The number of fused-ring (bicyclic) bond motifs is 1. The summed E-state index contributed by atoms with van der Waals surface area (Å²) in [6.07, 6.45) is -1.36. The number of hydrogen-bond donors (Lipinski definition) is 1. The predicted molar refractivity (Wildman–Crippen MR) is 195 cm³/mol. The molecular formula is C37H33F3N6O5S2. The molecule has 11 nitrogen and oxygen atoms in total. The zero-order valence-electron chi connectivity index (χ0n) is 28.3. The molecule has 4 aromatic heterocycles. The summed E-state index contributed by atoms with van der Waals surface area (Å²) in [5.74, 6) is 0.824. The van der Waals surface area contributed by atoms with Crippen LogP contribution in [0.4, 0.5) is 18.9 Å². The number of rotatable bonds is 11. The number of halogens is 3. The van der Waals surface area contributed by atoms with Crippen molar-refractivity contribution in [1.82, 2.24) is 24.3 Å². The number of alkyl halides is 3. The van der Waals surface area contributed by atoms with Crippen LogP contribution in [0.2, 0.25) is 0 Å². The number of piperazine rings is 1. The Labute approximate surface area is 307 Å².